The number of rotatable bonds is 17. The molecule has 0 aromatic heterocycles. The third kappa shape index (κ3) is 9.61. The van der Waals surface area contributed by atoms with Crippen molar-refractivity contribution in [3.8, 4) is 11.1 Å². The van der Waals surface area contributed by atoms with Crippen molar-refractivity contribution in [2.75, 3.05) is 52.7 Å². The quantitative estimate of drug-likeness (QED) is 0.151. The van der Waals surface area contributed by atoms with Crippen molar-refractivity contribution in [1.82, 2.24) is 9.80 Å². The van der Waals surface area contributed by atoms with Gasteiger partial charge in [-0.3, -0.25) is 9.59 Å². The van der Waals surface area contributed by atoms with Crippen LogP contribution in [0.3, 0.4) is 0 Å². The van der Waals surface area contributed by atoms with E-state index in [0.717, 1.165) is 17.4 Å². The fourth-order valence-electron chi connectivity index (χ4n) is 5.90. The lowest BCUT2D eigenvalue weighted by Crippen LogP contribution is -2.50. The molecule has 4 rings (SSSR count). The van der Waals surface area contributed by atoms with E-state index in [2.05, 4.69) is 24.3 Å². The van der Waals surface area contributed by atoms with E-state index in [1.54, 1.807) is 9.80 Å². The molecule has 0 bridgehead atoms. The zero-order valence-corrected chi connectivity index (χ0v) is 27.1. The molecule has 2 aromatic rings. The van der Waals surface area contributed by atoms with Gasteiger partial charge in [0.05, 0.1) is 32.8 Å². The van der Waals surface area contributed by atoms with Crippen molar-refractivity contribution in [1.29, 1.82) is 0 Å². The molecule has 1 aliphatic carbocycles. The Morgan fingerprint density at radius 1 is 0.894 bits per heavy atom. The van der Waals surface area contributed by atoms with Crippen LogP contribution in [0, 0.1) is 0 Å². The lowest BCUT2D eigenvalue weighted by Gasteiger charge is -2.38. The summed E-state index contributed by atoms with van der Waals surface area (Å²) < 4.78 is 21.8. The van der Waals surface area contributed by atoms with Crippen LogP contribution in [0.4, 0.5) is 4.79 Å². The number of piperidine rings is 1. The molecule has 12 nitrogen and oxygen atoms in total. The van der Waals surface area contributed by atoms with E-state index < -0.39 is 17.5 Å². The van der Waals surface area contributed by atoms with Gasteiger partial charge in [-0.15, -0.1) is 0 Å². The Bertz CT molecular complexity index is 1360. The van der Waals surface area contributed by atoms with Crippen LogP contribution in [-0.4, -0.2) is 109 Å². The van der Waals surface area contributed by atoms with Crippen LogP contribution in [0.2, 0.25) is 0 Å². The molecule has 0 spiro atoms. The van der Waals surface area contributed by atoms with Gasteiger partial charge in [0.2, 0.25) is 11.5 Å². The number of likely N-dealkylation sites (tertiary alicyclic amines) is 1. The molecule has 1 heterocycles. The Balaban J connectivity index is 1.18. The lowest BCUT2D eigenvalue weighted by molar-refractivity contribution is -0.175. The summed E-state index contributed by atoms with van der Waals surface area (Å²) in [5.41, 5.74) is 3.04. The number of nitrogens with zero attached hydrogens (tertiary/aromatic N) is 2. The standard InChI is InChI=1S/C35H44N2O10/c1-35(2,33(41)42)47-32(40)15-20-44-22-23-45-21-18-37(31(39)12-7-19-38)25-13-16-36(17-14-25)34(43)46-24-30-28-10-5-3-8-26(28)27-9-4-6-11-29(27)30/h3-6,8-11,19,25,30H,7,12-18,20-24H2,1-2H3,(H,41,42). The van der Waals surface area contributed by atoms with Gasteiger partial charge in [-0.2, -0.15) is 0 Å². The predicted octanol–water partition coefficient (Wildman–Crippen LogP) is 4.04. The summed E-state index contributed by atoms with van der Waals surface area (Å²) >= 11 is 0. The van der Waals surface area contributed by atoms with E-state index in [4.69, 9.17) is 24.1 Å². The molecule has 0 radical (unpaired) electrons. The number of carboxylic acid groups (broad SMARTS) is 1. The largest absolute Gasteiger partial charge is 0.478 e. The van der Waals surface area contributed by atoms with Gasteiger partial charge >= 0.3 is 18.0 Å². The van der Waals surface area contributed by atoms with Crippen LogP contribution in [0.25, 0.3) is 11.1 Å². The fraction of sp³-hybridized carbons (Fsp3) is 0.514. The average molecular weight is 653 g/mol. The van der Waals surface area contributed by atoms with Crippen LogP contribution in [0.15, 0.2) is 48.5 Å². The van der Waals surface area contributed by atoms with Crippen LogP contribution in [-0.2, 0) is 38.1 Å². The van der Waals surface area contributed by atoms with Crippen molar-refractivity contribution < 1.29 is 48.0 Å². The molecule has 0 atom stereocenters. The highest BCUT2D eigenvalue weighted by molar-refractivity contribution is 5.81. The van der Waals surface area contributed by atoms with Gasteiger partial charge in [0.25, 0.3) is 0 Å². The molecule has 12 heteroatoms. The minimum Gasteiger partial charge on any atom is -0.478 e. The zero-order valence-electron chi connectivity index (χ0n) is 27.1. The summed E-state index contributed by atoms with van der Waals surface area (Å²) in [6, 6.07) is 16.3. The van der Waals surface area contributed by atoms with E-state index in [-0.39, 0.29) is 76.3 Å². The SMILES string of the molecule is CC(C)(OC(=O)CCOCCOCCN(C(=O)CCC=O)C1CCN(C(=O)OCC2c3ccccc3-c3ccccc32)CC1)C(=O)O. The Hall–Kier alpha value is -4.29. The van der Waals surface area contributed by atoms with E-state index in [9.17, 15) is 24.0 Å². The Kier molecular flexibility index (Phi) is 12.9. The first kappa shape index (κ1) is 35.6. The second-order valence-corrected chi connectivity index (χ2v) is 12.1. The number of fused-ring (bicyclic) bond motifs is 3. The third-order valence-corrected chi connectivity index (χ3v) is 8.48. The van der Waals surface area contributed by atoms with Gasteiger partial charge in [-0.1, -0.05) is 48.5 Å². The van der Waals surface area contributed by atoms with Gasteiger partial charge in [-0.05, 0) is 48.9 Å². The molecule has 1 N–H and O–H groups in total. The van der Waals surface area contributed by atoms with Gasteiger partial charge in [0.1, 0.15) is 12.9 Å². The molecule has 254 valence electrons. The summed E-state index contributed by atoms with van der Waals surface area (Å²) in [6.07, 6.45) is 1.66. The second-order valence-electron chi connectivity index (χ2n) is 12.1. The second kappa shape index (κ2) is 17.0. The minimum absolute atomic E-state index is 0.0204. The highest BCUT2D eigenvalue weighted by Crippen LogP contribution is 2.44. The summed E-state index contributed by atoms with van der Waals surface area (Å²) in [5.74, 6) is -2.07. The summed E-state index contributed by atoms with van der Waals surface area (Å²) in [5, 5.41) is 9.03. The number of carbonyl (C=O) groups excluding carboxylic acids is 4. The first-order valence-corrected chi connectivity index (χ1v) is 16.1. The minimum atomic E-state index is -1.61. The summed E-state index contributed by atoms with van der Waals surface area (Å²) in [7, 11) is 0. The first-order chi connectivity index (χ1) is 22.6. The molecular weight excluding hydrogens is 608 g/mol. The van der Waals surface area contributed by atoms with Crippen molar-refractivity contribution >= 4 is 30.2 Å². The van der Waals surface area contributed by atoms with Crippen molar-refractivity contribution in [2.24, 2.45) is 0 Å². The molecule has 0 unspecified atom stereocenters. The number of amides is 2. The topological polar surface area (TPSA) is 149 Å². The normalized spacial score (nSPS) is 14.6. The molecule has 1 fully saturated rings. The predicted molar refractivity (Wildman–Crippen MR) is 171 cm³/mol. The maximum atomic E-state index is 13.1. The van der Waals surface area contributed by atoms with Gasteiger partial charge in [0, 0.05) is 44.4 Å². The lowest BCUT2D eigenvalue weighted by atomic mass is 9.98. The number of hydrogen-bond acceptors (Lipinski definition) is 9. The van der Waals surface area contributed by atoms with Crippen LogP contribution < -0.4 is 0 Å². The van der Waals surface area contributed by atoms with Crippen molar-refractivity contribution in [2.45, 2.75) is 63.5 Å². The monoisotopic (exact) mass is 652 g/mol. The molecule has 1 saturated heterocycles. The van der Waals surface area contributed by atoms with E-state index in [0.29, 0.717) is 32.5 Å². The molecule has 2 aromatic carbocycles. The number of aliphatic carboxylic acids is 1. The number of carboxylic acids is 1. The Morgan fingerprint density at radius 2 is 1.49 bits per heavy atom. The maximum Gasteiger partial charge on any atom is 0.409 e. The highest BCUT2D eigenvalue weighted by Gasteiger charge is 2.33. The number of hydrogen-bond donors (Lipinski definition) is 1. The van der Waals surface area contributed by atoms with E-state index in [1.165, 1.54) is 25.0 Å². The smallest absolute Gasteiger partial charge is 0.409 e. The maximum absolute atomic E-state index is 13.1. The average Bonchev–Trinajstić information content (AvgIpc) is 3.38. The first-order valence-electron chi connectivity index (χ1n) is 16.1. The number of aldehydes is 1. The number of esters is 1. The zero-order chi connectivity index (χ0) is 33.8. The molecular formula is C35H44N2O10. The van der Waals surface area contributed by atoms with Crippen LogP contribution >= 0.6 is 0 Å². The third-order valence-electron chi connectivity index (χ3n) is 8.48. The highest BCUT2D eigenvalue weighted by atomic mass is 16.6. The van der Waals surface area contributed by atoms with Crippen molar-refractivity contribution in [3.63, 3.8) is 0 Å². The molecule has 47 heavy (non-hydrogen) atoms. The van der Waals surface area contributed by atoms with Crippen molar-refractivity contribution in [3.05, 3.63) is 59.7 Å². The molecule has 0 saturated carbocycles. The fourth-order valence-corrected chi connectivity index (χ4v) is 5.90. The molecule has 2 amide bonds. The summed E-state index contributed by atoms with van der Waals surface area (Å²) in [6.45, 7) is 4.78. The van der Waals surface area contributed by atoms with Crippen LogP contribution in [0.5, 0.6) is 0 Å². The number of carbonyl (C=O) groups is 5. The van der Waals surface area contributed by atoms with E-state index in [1.807, 2.05) is 24.3 Å². The van der Waals surface area contributed by atoms with Crippen LogP contribution in [0.1, 0.15) is 63.0 Å². The number of ether oxygens (including phenoxy) is 4. The number of benzene rings is 2. The summed E-state index contributed by atoms with van der Waals surface area (Å²) in [4.78, 5) is 63.3. The van der Waals surface area contributed by atoms with Gasteiger partial charge < -0.3 is 38.6 Å². The molecule has 2 aliphatic rings. The Morgan fingerprint density at radius 3 is 2.09 bits per heavy atom. The Labute approximate surface area is 274 Å². The van der Waals surface area contributed by atoms with Gasteiger partial charge in [-0.25, -0.2) is 9.59 Å². The van der Waals surface area contributed by atoms with E-state index >= 15 is 0 Å². The molecule has 1 aliphatic heterocycles. The van der Waals surface area contributed by atoms with Gasteiger partial charge in [0.15, 0.2) is 0 Å².